The summed E-state index contributed by atoms with van der Waals surface area (Å²) in [6, 6.07) is 23.6. The molecule has 0 aliphatic carbocycles. The highest BCUT2D eigenvalue weighted by Gasteiger charge is 2.54. The molecule has 2 atom stereocenters. The molecule has 5 rings (SSSR count). The van der Waals surface area contributed by atoms with Gasteiger partial charge in [-0.05, 0) is 56.0 Å². The molecular formula is C39H47N5O5. The molecule has 0 spiro atoms. The number of unbranched alkanes of at least 4 members (excludes halogenated alkanes) is 2. The van der Waals surface area contributed by atoms with Gasteiger partial charge in [-0.1, -0.05) is 86.5 Å². The Kier molecular flexibility index (Phi) is 11.2. The van der Waals surface area contributed by atoms with Gasteiger partial charge in [-0.15, -0.1) is 0 Å². The summed E-state index contributed by atoms with van der Waals surface area (Å²) in [6.07, 6.45) is 6.04. The first-order valence-corrected chi connectivity index (χ1v) is 16.9. The number of hydrogen-bond donors (Lipinski definition) is 4. The van der Waals surface area contributed by atoms with Gasteiger partial charge in [0.15, 0.2) is 0 Å². The van der Waals surface area contributed by atoms with E-state index in [9.17, 15) is 14.4 Å². The van der Waals surface area contributed by atoms with Gasteiger partial charge in [-0.3, -0.25) is 10.6 Å². The van der Waals surface area contributed by atoms with E-state index in [-0.39, 0.29) is 26.0 Å². The maximum Gasteiger partial charge on any atom is 0.338 e. The first kappa shape index (κ1) is 35.4. The summed E-state index contributed by atoms with van der Waals surface area (Å²) < 4.78 is 11.8. The Bertz CT molecular complexity index is 1870. The monoisotopic (exact) mass is 665 g/mol. The number of nitrogens with zero attached hydrogens (tertiary/aromatic N) is 1. The smallest absolute Gasteiger partial charge is 0.338 e. The molecule has 0 fully saturated rings. The molecule has 0 aliphatic heterocycles. The molecule has 2 heterocycles. The second-order valence-electron chi connectivity index (χ2n) is 13.5. The van der Waals surface area contributed by atoms with Gasteiger partial charge in [0.2, 0.25) is 5.54 Å². The van der Waals surface area contributed by atoms with Crippen molar-refractivity contribution in [1.29, 1.82) is 0 Å². The van der Waals surface area contributed by atoms with Crippen molar-refractivity contribution in [3.63, 3.8) is 0 Å². The van der Waals surface area contributed by atoms with E-state index in [2.05, 4.69) is 22.2 Å². The van der Waals surface area contributed by atoms with E-state index in [4.69, 9.17) is 15.3 Å². The largest absolute Gasteiger partial charge is 0.459 e. The number of ether oxygens (including phenoxy) is 2. The highest BCUT2D eigenvalue weighted by atomic mass is 16.6. The van der Waals surface area contributed by atoms with Gasteiger partial charge in [0.05, 0.1) is 0 Å². The minimum atomic E-state index is -2.02. The van der Waals surface area contributed by atoms with Crippen molar-refractivity contribution in [3.05, 3.63) is 108 Å². The van der Waals surface area contributed by atoms with Crippen molar-refractivity contribution in [3.8, 4) is 0 Å². The summed E-state index contributed by atoms with van der Waals surface area (Å²) in [5.74, 6) is 4.63. The number of aromatic amines is 2. The van der Waals surface area contributed by atoms with E-state index in [1.54, 1.807) is 27.0 Å². The molecule has 0 bridgehead atoms. The molecule has 1 amide bonds. The number of H-pyrrole nitrogens is 2. The molecule has 0 saturated carbocycles. The van der Waals surface area contributed by atoms with E-state index in [1.807, 2.05) is 85.1 Å². The Morgan fingerprint density at radius 3 is 2.06 bits per heavy atom. The molecule has 10 heteroatoms. The maximum atomic E-state index is 15.0. The summed E-state index contributed by atoms with van der Waals surface area (Å²) in [4.78, 5) is 49.8. The number of nitrogens with one attached hydrogen (secondary N) is 3. The van der Waals surface area contributed by atoms with Crippen LogP contribution in [0.4, 0.5) is 0 Å². The Labute approximate surface area is 287 Å². The molecule has 1 unspecified atom stereocenters. The lowest BCUT2D eigenvalue weighted by Gasteiger charge is -2.40. The van der Waals surface area contributed by atoms with E-state index in [1.165, 1.54) is 5.01 Å². The van der Waals surface area contributed by atoms with Crippen LogP contribution in [0.15, 0.2) is 91.3 Å². The van der Waals surface area contributed by atoms with Crippen LogP contribution in [0.1, 0.15) is 63.6 Å². The Balaban J connectivity index is 1.56. The van der Waals surface area contributed by atoms with Gasteiger partial charge in [-0.2, -0.15) is 0 Å². The van der Waals surface area contributed by atoms with E-state index in [0.29, 0.717) is 12.0 Å². The summed E-state index contributed by atoms with van der Waals surface area (Å²) in [5, 5.41) is 5.99. The van der Waals surface area contributed by atoms with Crippen molar-refractivity contribution in [2.45, 2.75) is 83.6 Å². The molecule has 0 saturated heterocycles. The van der Waals surface area contributed by atoms with Gasteiger partial charge >= 0.3 is 11.9 Å². The van der Waals surface area contributed by atoms with Crippen LogP contribution in [-0.4, -0.2) is 56.5 Å². The lowest BCUT2D eigenvalue weighted by Crippen LogP contribution is -2.70. The summed E-state index contributed by atoms with van der Waals surface area (Å²) in [6.45, 7) is 7.58. The fourth-order valence-corrected chi connectivity index (χ4v) is 6.05. The quantitative estimate of drug-likeness (QED) is 0.0348. The number of fused-ring (bicyclic) bond motifs is 2. The average Bonchev–Trinajstić information content (AvgIpc) is 3.69. The Hall–Kier alpha value is -4.93. The third kappa shape index (κ3) is 8.39. The number of benzene rings is 3. The summed E-state index contributed by atoms with van der Waals surface area (Å²) in [5.41, 5.74) is 1.13. The lowest BCUT2D eigenvalue weighted by molar-refractivity contribution is -0.175. The van der Waals surface area contributed by atoms with E-state index < -0.39 is 35.0 Å². The van der Waals surface area contributed by atoms with Crippen LogP contribution in [0.2, 0.25) is 0 Å². The number of hydrazine groups is 1. The number of para-hydroxylation sites is 2. The van der Waals surface area contributed by atoms with Gasteiger partial charge in [0, 0.05) is 53.6 Å². The van der Waals surface area contributed by atoms with Crippen molar-refractivity contribution in [2.24, 2.45) is 5.84 Å². The third-order valence-electron chi connectivity index (χ3n) is 8.64. The Morgan fingerprint density at radius 1 is 0.837 bits per heavy atom. The number of amides is 1. The zero-order chi connectivity index (χ0) is 35.0. The highest BCUT2D eigenvalue weighted by Crippen LogP contribution is 2.30. The van der Waals surface area contributed by atoms with Gasteiger partial charge < -0.3 is 24.8 Å². The molecule has 0 radical (unpaired) electrons. The van der Waals surface area contributed by atoms with Crippen LogP contribution < -0.4 is 11.2 Å². The molecular weight excluding hydrogens is 618 g/mol. The second-order valence-corrected chi connectivity index (χ2v) is 13.5. The predicted octanol–water partition coefficient (Wildman–Crippen LogP) is 6.11. The third-order valence-corrected chi connectivity index (χ3v) is 8.64. The molecule has 0 aliphatic rings. The predicted molar refractivity (Wildman–Crippen MR) is 191 cm³/mol. The van der Waals surface area contributed by atoms with Crippen molar-refractivity contribution >= 4 is 39.7 Å². The highest BCUT2D eigenvalue weighted by molar-refractivity contribution is 6.09. The van der Waals surface area contributed by atoms with Crippen LogP contribution in [-0.2, 0) is 43.3 Å². The van der Waals surface area contributed by atoms with Gasteiger partial charge in [0.1, 0.15) is 18.2 Å². The number of aromatic nitrogens is 2. The summed E-state index contributed by atoms with van der Waals surface area (Å²) in [7, 11) is 0. The number of carbonyl (C=O) groups is 3. The molecule has 2 aromatic heterocycles. The molecule has 10 nitrogen and oxygen atoms in total. The fraction of sp³-hybridized carbons (Fsp3) is 0.359. The second kappa shape index (κ2) is 15.5. The molecule has 258 valence electrons. The number of nitrogens with two attached hydrogens (primary N) is 1. The van der Waals surface area contributed by atoms with Crippen molar-refractivity contribution < 1.29 is 23.9 Å². The minimum absolute atomic E-state index is 0.0203. The number of esters is 2. The van der Waals surface area contributed by atoms with Crippen LogP contribution in [0, 0.1) is 0 Å². The summed E-state index contributed by atoms with van der Waals surface area (Å²) >= 11 is 0. The zero-order valence-corrected chi connectivity index (χ0v) is 28.8. The van der Waals surface area contributed by atoms with E-state index in [0.717, 1.165) is 45.8 Å². The Morgan fingerprint density at radius 2 is 1.43 bits per heavy atom. The molecule has 5 N–H and O–H groups in total. The normalized spacial score (nSPS) is 13.7. The zero-order valence-electron chi connectivity index (χ0n) is 28.8. The van der Waals surface area contributed by atoms with Gasteiger partial charge in [0.25, 0.3) is 5.91 Å². The number of carbonyl (C=O) groups excluding carboxylic acids is 3. The van der Waals surface area contributed by atoms with Crippen LogP contribution >= 0.6 is 0 Å². The standard InChI is InChI=1S/C39H47N5O5/c1-5-6-14-21-44(40)39(37(47)49-38(2,3)4,23-29-25-42-33-20-13-11-18-31(29)33)36(46)43-34(35(45)48-26-27-15-8-7-9-16-27)22-28-24-41-32-19-12-10-17-30(28)32/h7-13,15-20,24-25,34,41-42H,5-6,14,21-23,26,40H2,1-4H3,(H,43,46)/t34?,39-/m0/s1. The van der Waals surface area contributed by atoms with Gasteiger partial charge in [-0.25, -0.2) is 14.6 Å². The topological polar surface area (TPSA) is 143 Å². The van der Waals surface area contributed by atoms with Crippen LogP contribution in [0.3, 0.4) is 0 Å². The average molecular weight is 666 g/mol. The number of hydrogen-bond acceptors (Lipinski definition) is 7. The van der Waals surface area contributed by atoms with Crippen molar-refractivity contribution in [1.82, 2.24) is 20.3 Å². The maximum absolute atomic E-state index is 15.0. The van der Waals surface area contributed by atoms with Crippen LogP contribution in [0.25, 0.3) is 21.8 Å². The lowest BCUT2D eigenvalue weighted by atomic mass is 9.87. The molecule has 5 aromatic rings. The first-order chi connectivity index (χ1) is 23.5. The van der Waals surface area contributed by atoms with Crippen LogP contribution in [0.5, 0.6) is 0 Å². The molecule has 3 aromatic carbocycles. The SMILES string of the molecule is CCCCCN(N)[C@@](Cc1c[nH]c2ccccc12)(C(=O)NC(Cc1c[nH]c2ccccc12)C(=O)OCc1ccccc1)C(=O)OC(C)(C)C. The number of rotatable bonds is 15. The van der Waals surface area contributed by atoms with E-state index >= 15 is 0 Å². The fourth-order valence-electron chi connectivity index (χ4n) is 6.05. The minimum Gasteiger partial charge on any atom is -0.459 e. The molecule has 49 heavy (non-hydrogen) atoms. The van der Waals surface area contributed by atoms with Crippen molar-refractivity contribution in [2.75, 3.05) is 6.54 Å². The first-order valence-electron chi connectivity index (χ1n) is 16.9.